The van der Waals surface area contributed by atoms with Crippen LogP contribution in [0.5, 0.6) is 11.5 Å². The number of ether oxygens (including phenoxy) is 2. The highest BCUT2D eigenvalue weighted by atomic mass is 16.5. The lowest BCUT2D eigenvalue weighted by Crippen LogP contribution is -1.94. The third-order valence-electron chi connectivity index (χ3n) is 4.81. The number of rotatable bonds is 4. The Morgan fingerprint density at radius 1 is 0.800 bits per heavy atom. The number of hydrogen-bond donors (Lipinski definition) is 0. The van der Waals surface area contributed by atoms with Crippen LogP contribution in [0.15, 0.2) is 60.7 Å². The third-order valence-corrected chi connectivity index (χ3v) is 4.81. The smallest absolute Gasteiger partial charge is 0.130 e. The zero-order chi connectivity index (χ0) is 17.4. The third kappa shape index (κ3) is 2.43. The zero-order valence-corrected chi connectivity index (χ0v) is 14.7. The van der Waals surface area contributed by atoms with Crippen molar-refractivity contribution in [2.75, 3.05) is 14.2 Å². The molecule has 25 heavy (non-hydrogen) atoms. The number of benzene rings is 3. The first-order valence-electron chi connectivity index (χ1n) is 8.50. The van der Waals surface area contributed by atoms with Crippen molar-refractivity contribution < 1.29 is 9.47 Å². The van der Waals surface area contributed by atoms with Crippen LogP contribution in [0.3, 0.4) is 0 Å². The van der Waals surface area contributed by atoms with Crippen molar-refractivity contribution in [3.05, 3.63) is 60.7 Å². The van der Waals surface area contributed by atoms with Crippen LogP contribution in [-0.2, 0) is 6.54 Å². The van der Waals surface area contributed by atoms with Gasteiger partial charge in [-0.25, -0.2) is 0 Å². The molecule has 0 aliphatic carbocycles. The Bertz CT molecular complexity index is 1060. The van der Waals surface area contributed by atoms with Gasteiger partial charge in [0.2, 0.25) is 0 Å². The van der Waals surface area contributed by atoms with Crippen LogP contribution >= 0.6 is 0 Å². The summed E-state index contributed by atoms with van der Waals surface area (Å²) in [5, 5.41) is 2.58. The molecule has 0 aliphatic heterocycles. The van der Waals surface area contributed by atoms with E-state index in [0.29, 0.717) is 0 Å². The molecule has 0 fully saturated rings. The second kappa shape index (κ2) is 6.17. The van der Waals surface area contributed by atoms with Gasteiger partial charge >= 0.3 is 0 Å². The van der Waals surface area contributed by atoms with E-state index < -0.39 is 0 Å². The molecule has 0 radical (unpaired) electrons. The predicted molar refractivity (Wildman–Crippen MR) is 104 cm³/mol. The first kappa shape index (κ1) is 15.6. The zero-order valence-electron chi connectivity index (χ0n) is 14.7. The van der Waals surface area contributed by atoms with Crippen molar-refractivity contribution in [2.45, 2.75) is 13.5 Å². The monoisotopic (exact) mass is 331 g/mol. The van der Waals surface area contributed by atoms with Gasteiger partial charge in [0.05, 0.1) is 14.2 Å². The van der Waals surface area contributed by atoms with Gasteiger partial charge in [-0.1, -0.05) is 30.3 Å². The van der Waals surface area contributed by atoms with Crippen molar-refractivity contribution in [2.24, 2.45) is 0 Å². The maximum Gasteiger partial charge on any atom is 0.130 e. The lowest BCUT2D eigenvalue weighted by atomic mass is 10.0. The summed E-state index contributed by atoms with van der Waals surface area (Å²) in [4.78, 5) is 0. The molecular weight excluding hydrogens is 310 g/mol. The molecule has 1 aromatic heterocycles. The average Bonchev–Trinajstić information content (AvgIpc) is 3.00. The molecule has 0 spiro atoms. The molecule has 0 unspecified atom stereocenters. The second-order valence-corrected chi connectivity index (χ2v) is 6.06. The summed E-state index contributed by atoms with van der Waals surface area (Å²) < 4.78 is 13.3. The van der Waals surface area contributed by atoms with E-state index in [4.69, 9.17) is 9.47 Å². The Kier molecular flexibility index (Phi) is 3.85. The molecule has 0 N–H and O–H groups in total. The second-order valence-electron chi connectivity index (χ2n) is 6.06. The fourth-order valence-corrected chi connectivity index (χ4v) is 3.59. The minimum Gasteiger partial charge on any atom is -0.497 e. The van der Waals surface area contributed by atoms with E-state index in [1.807, 2.05) is 12.1 Å². The molecule has 0 saturated carbocycles. The lowest BCUT2D eigenvalue weighted by Gasteiger charge is -2.11. The number of nitrogens with zero attached hydrogens (tertiary/aromatic N) is 1. The Labute approximate surface area is 147 Å². The molecule has 4 aromatic rings. The molecule has 4 rings (SSSR count). The van der Waals surface area contributed by atoms with Gasteiger partial charge < -0.3 is 14.0 Å². The topological polar surface area (TPSA) is 23.4 Å². The molecule has 126 valence electrons. The van der Waals surface area contributed by atoms with Gasteiger partial charge in [0.15, 0.2) is 0 Å². The molecule has 0 aliphatic rings. The molecule has 0 bridgehead atoms. The maximum absolute atomic E-state index is 5.58. The first-order chi connectivity index (χ1) is 12.3. The van der Waals surface area contributed by atoms with Crippen LogP contribution in [0.1, 0.15) is 6.92 Å². The molecule has 0 amide bonds. The van der Waals surface area contributed by atoms with Crippen LogP contribution in [0.4, 0.5) is 0 Å². The van der Waals surface area contributed by atoms with E-state index in [1.165, 1.54) is 21.8 Å². The van der Waals surface area contributed by atoms with Crippen molar-refractivity contribution in [3.8, 4) is 22.6 Å². The minimum absolute atomic E-state index is 0.796. The van der Waals surface area contributed by atoms with Crippen molar-refractivity contribution in [1.29, 1.82) is 0 Å². The molecule has 3 heteroatoms. The highest BCUT2D eigenvalue weighted by Crippen LogP contribution is 2.37. The Morgan fingerprint density at radius 3 is 2.36 bits per heavy atom. The summed E-state index contributed by atoms with van der Waals surface area (Å²) in [5.74, 6) is 1.61. The minimum atomic E-state index is 0.796. The van der Waals surface area contributed by atoms with Crippen LogP contribution in [0, 0.1) is 0 Å². The van der Waals surface area contributed by atoms with E-state index in [-0.39, 0.29) is 0 Å². The molecule has 0 saturated heterocycles. The predicted octanol–water partition coefficient (Wildman–Crippen LogP) is 5.50. The van der Waals surface area contributed by atoms with E-state index in [0.717, 1.165) is 29.2 Å². The Balaban J connectivity index is 1.97. The van der Waals surface area contributed by atoms with E-state index in [1.54, 1.807) is 14.2 Å². The first-order valence-corrected chi connectivity index (χ1v) is 8.50. The van der Waals surface area contributed by atoms with Gasteiger partial charge in [-0.2, -0.15) is 0 Å². The summed E-state index contributed by atoms with van der Waals surface area (Å²) in [5.41, 5.74) is 4.74. The number of methoxy groups -OCH3 is 2. The van der Waals surface area contributed by atoms with Crippen LogP contribution in [0.2, 0.25) is 0 Å². The van der Waals surface area contributed by atoms with E-state index in [2.05, 4.69) is 60.0 Å². The quantitative estimate of drug-likeness (QED) is 0.493. The van der Waals surface area contributed by atoms with Crippen molar-refractivity contribution in [1.82, 2.24) is 4.57 Å². The number of fused-ring (bicyclic) bond motifs is 3. The summed E-state index contributed by atoms with van der Waals surface area (Å²) in [6, 6.07) is 21.2. The SMILES string of the molecule is CCn1c2ccccc2c2ccc(-c3ccc(OC)cc3OC)cc21. The number of para-hydroxylation sites is 1. The lowest BCUT2D eigenvalue weighted by molar-refractivity contribution is 0.395. The molecule has 1 heterocycles. The fraction of sp³-hybridized carbons (Fsp3) is 0.182. The summed E-state index contributed by atoms with van der Waals surface area (Å²) >= 11 is 0. The van der Waals surface area contributed by atoms with Gasteiger partial charge in [0.25, 0.3) is 0 Å². The number of aromatic nitrogens is 1. The normalized spacial score (nSPS) is 11.2. The molecule has 3 nitrogen and oxygen atoms in total. The van der Waals surface area contributed by atoms with Crippen LogP contribution in [-0.4, -0.2) is 18.8 Å². The number of hydrogen-bond acceptors (Lipinski definition) is 2. The Morgan fingerprint density at radius 2 is 1.60 bits per heavy atom. The molecular formula is C22H21NO2. The van der Waals surface area contributed by atoms with Gasteiger partial charge in [-0.3, -0.25) is 0 Å². The standard InChI is InChI=1S/C22H21NO2/c1-4-23-20-8-6-5-7-18(20)19-11-9-15(13-21(19)23)17-12-10-16(24-2)14-22(17)25-3/h5-14H,4H2,1-3H3. The fourth-order valence-electron chi connectivity index (χ4n) is 3.59. The molecule has 3 aromatic carbocycles. The maximum atomic E-state index is 5.58. The van der Waals surface area contributed by atoms with Crippen molar-refractivity contribution in [3.63, 3.8) is 0 Å². The largest absolute Gasteiger partial charge is 0.497 e. The van der Waals surface area contributed by atoms with Crippen LogP contribution < -0.4 is 9.47 Å². The summed E-state index contributed by atoms with van der Waals surface area (Å²) in [6.07, 6.45) is 0. The average molecular weight is 331 g/mol. The van der Waals surface area contributed by atoms with E-state index >= 15 is 0 Å². The molecule has 0 atom stereocenters. The van der Waals surface area contributed by atoms with Gasteiger partial charge in [-0.15, -0.1) is 0 Å². The number of aryl methyl sites for hydroxylation is 1. The van der Waals surface area contributed by atoms with Crippen LogP contribution in [0.25, 0.3) is 32.9 Å². The summed E-state index contributed by atoms with van der Waals surface area (Å²) in [7, 11) is 3.36. The highest BCUT2D eigenvalue weighted by Gasteiger charge is 2.13. The Hall–Kier alpha value is -2.94. The summed E-state index contributed by atoms with van der Waals surface area (Å²) in [6.45, 7) is 3.12. The van der Waals surface area contributed by atoms with Gasteiger partial charge in [-0.05, 0) is 36.8 Å². The van der Waals surface area contributed by atoms with Gasteiger partial charge in [0.1, 0.15) is 11.5 Å². The van der Waals surface area contributed by atoms with Crippen molar-refractivity contribution >= 4 is 21.8 Å². The van der Waals surface area contributed by atoms with E-state index in [9.17, 15) is 0 Å². The highest BCUT2D eigenvalue weighted by molar-refractivity contribution is 6.09. The van der Waals surface area contributed by atoms with Gasteiger partial charge in [0, 0.05) is 40.0 Å².